The topological polar surface area (TPSA) is 60.7 Å². The van der Waals surface area contributed by atoms with Gasteiger partial charge in [-0.2, -0.15) is 0 Å². The Kier molecular flexibility index (Phi) is 22.0. The quantitative estimate of drug-likeness (QED) is 0.574. The average molecular weight is 460 g/mol. The summed E-state index contributed by atoms with van der Waals surface area (Å²) in [7, 11) is 2.00. The molecule has 0 aliphatic rings. The standard InChI is InChI=1S/C12H9O.C2H4.2CH4O.CH3.W/c13-12-9-5-4-8-11(12)10-6-2-1-3-7-10;3*1-2;;/h1-6,8-9,13H;1H,2H3;2*2H,1H3;1H3;/q-1;;;;-1;. The molecule has 0 spiro atoms. The van der Waals surface area contributed by atoms with Crippen LogP contribution in [-0.2, 0) is 19.4 Å². The van der Waals surface area contributed by atoms with Gasteiger partial charge in [-0.25, -0.2) is 0 Å². The van der Waals surface area contributed by atoms with Crippen LogP contribution in [0.1, 0.15) is 6.92 Å². The van der Waals surface area contributed by atoms with Crippen LogP contribution in [0.2, 0.25) is 0 Å². The number of aromatic hydroxyl groups is 1. The van der Waals surface area contributed by atoms with Gasteiger partial charge in [-0.05, 0) is 6.07 Å². The summed E-state index contributed by atoms with van der Waals surface area (Å²) in [5.74, 6) is 0.296. The molecule has 0 aliphatic carbocycles. The van der Waals surface area contributed by atoms with E-state index in [1.165, 1.54) is 0 Å². The van der Waals surface area contributed by atoms with E-state index < -0.39 is 0 Å². The molecule has 0 heterocycles. The average Bonchev–Trinajstić information content (AvgIpc) is 2.53. The third-order valence-corrected chi connectivity index (χ3v) is 1.90. The molecule has 3 nitrogen and oxygen atoms in total. The van der Waals surface area contributed by atoms with Gasteiger partial charge in [0, 0.05) is 14.2 Å². The van der Waals surface area contributed by atoms with Crippen molar-refractivity contribution in [2.45, 2.75) is 6.92 Å². The second-order valence-corrected chi connectivity index (χ2v) is 4.72. The predicted octanol–water partition coefficient (Wildman–Crippen LogP) is 2.88. The fourth-order valence-corrected chi connectivity index (χ4v) is 1.26. The van der Waals surface area contributed by atoms with E-state index in [1.807, 2.05) is 49.4 Å². The Hall–Kier alpha value is -1.28. The Balaban J connectivity index is -0.000000354. The van der Waals surface area contributed by atoms with Crippen molar-refractivity contribution in [2.24, 2.45) is 0 Å². The van der Waals surface area contributed by atoms with Gasteiger partial charge in [0.25, 0.3) is 0 Å². The van der Waals surface area contributed by atoms with Gasteiger partial charge in [-0.3, -0.25) is 0 Å². The Labute approximate surface area is 139 Å². The summed E-state index contributed by atoms with van der Waals surface area (Å²) in [5, 5.41) is 23.5. The summed E-state index contributed by atoms with van der Waals surface area (Å²) in [5.41, 5.74) is 1.74. The van der Waals surface area contributed by atoms with Crippen LogP contribution >= 0.6 is 0 Å². The number of phenolic OH excluding ortho intramolecular Hbond substituents is 1. The molecule has 0 aliphatic heterocycles. The molecule has 0 amide bonds. The molecule has 3 N–H and O–H groups in total. The van der Waals surface area contributed by atoms with Crippen molar-refractivity contribution in [1.82, 2.24) is 0 Å². The normalized spacial score (nSPS) is 7.29. The van der Waals surface area contributed by atoms with Crippen molar-refractivity contribution >= 4 is 4.40 Å². The monoisotopic (exact) mass is 460 g/mol. The van der Waals surface area contributed by atoms with Crippen molar-refractivity contribution < 1.29 is 34.7 Å². The second kappa shape index (κ2) is 18.7. The molecule has 0 saturated heterocycles. The zero-order valence-electron chi connectivity index (χ0n) is 12.9. The van der Waals surface area contributed by atoms with Crippen LogP contribution in [0, 0.1) is 13.5 Å². The van der Waals surface area contributed by atoms with Crippen LogP contribution < -0.4 is 0 Å². The number of hydrogen-bond acceptors (Lipinski definition) is 3. The number of phenols is 1. The van der Waals surface area contributed by atoms with Crippen LogP contribution in [-0.4, -0.2) is 33.9 Å². The number of benzene rings is 2. The molecule has 0 radical (unpaired) electrons. The number of aliphatic hydroxyl groups is 2. The smallest absolute Gasteiger partial charge is 0.0820 e. The van der Waals surface area contributed by atoms with Crippen molar-refractivity contribution in [3.63, 3.8) is 0 Å². The fraction of sp³-hybridized carbons (Fsp3) is 0.176. The summed E-state index contributed by atoms with van der Waals surface area (Å²) in [4.78, 5) is 0. The van der Waals surface area contributed by atoms with E-state index in [4.69, 9.17) is 10.2 Å². The van der Waals surface area contributed by atoms with E-state index in [-0.39, 0.29) is 7.43 Å². The number of para-hydroxylation sites is 1. The summed E-state index contributed by atoms with van der Waals surface area (Å²) in [6, 6.07) is 17.9. The maximum atomic E-state index is 9.54. The molecule has 4 heteroatoms. The first kappa shape index (κ1) is 24.7. The molecule has 21 heavy (non-hydrogen) atoms. The molecule has 0 bridgehead atoms. The van der Waals surface area contributed by atoms with Crippen LogP contribution in [0.15, 0.2) is 48.5 Å². The van der Waals surface area contributed by atoms with Crippen molar-refractivity contribution in [3.8, 4) is 16.9 Å². The number of aliphatic hydroxyl groups excluding tert-OH is 2. The van der Waals surface area contributed by atoms with Gasteiger partial charge in [0.15, 0.2) is 0 Å². The van der Waals surface area contributed by atoms with Crippen molar-refractivity contribution in [1.29, 1.82) is 0 Å². The maximum absolute atomic E-state index is 9.54. The first-order valence-electron chi connectivity index (χ1n) is 5.84. The molecular formula is C17H24O3W-2. The molecule has 0 atom stereocenters. The van der Waals surface area contributed by atoms with Crippen LogP contribution in [0.3, 0.4) is 0 Å². The molecule has 2 rings (SSSR count). The van der Waals surface area contributed by atoms with Crippen molar-refractivity contribution in [3.05, 3.63) is 62.0 Å². The molecule has 0 saturated carbocycles. The van der Waals surface area contributed by atoms with Crippen LogP contribution in [0.25, 0.3) is 11.1 Å². The molecule has 0 aromatic heterocycles. The molecule has 118 valence electrons. The molecule has 0 fully saturated rings. The number of rotatable bonds is 1. The molecule has 2 aromatic rings. The van der Waals surface area contributed by atoms with Gasteiger partial charge >= 0.3 is 30.7 Å². The first-order chi connectivity index (χ1) is 9.79. The second-order valence-electron chi connectivity index (χ2n) is 3.03. The van der Waals surface area contributed by atoms with E-state index in [2.05, 4.69) is 10.5 Å². The van der Waals surface area contributed by atoms with E-state index >= 15 is 0 Å². The summed E-state index contributed by atoms with van der Waals surface area (Å²) < 4.78 is 2.08. The molecule has 2 aromatic carbocycles. The van der Waals surface area contributed by atoms with Gasteiger partial charge < -0.3 is 22.7 Å². The van der Waals surface area contributed by atoms with Crippen LogP contribution in [0.4, 0.5) is 0 Å². The zero-order chi connectivity index (χ0) is 15.8. The minimum absolute atomic E-state index is 0. The zero-order valence-corrected chi connectivity index (χ0v) is 15.9. The van der Waals surface area contributed by atoms with Gasteiger partial charge in [0.2, 0.25) is 0 Å². The van der Waals surface area contributed by atoms with E-state index in [0.717, 1.165) is 25.3 Å². The fourth-order valence-electron chi connectivity index (χ4n) is 1.26. The minimum atomic E-state index is 0. The third-order valence-electron chi connectivity index (χ3n) is 1.90. The number of hydrogen-bond donors (Lipinski definition) is 3. The summed E-state index contributed by atoms with van der Waals surface area (Å²) >= 11 is 1.55. The van der Waals surface area contributed by atoms with E-state index in [9.17, 15) is 5.11 Å². The molecular weight excluding hydrogens is 436 g/mol. The van der Waals surface area contributed by atoms with Gasteiger partial charge in [0.05, 0.1) is 5.75 Å². The van der Waals surface area contributed by atoms with E-state index in [1.54, 1.807) is 25.4 Å². The molecule has 0 unspecified atom stereocenters. The largest absolute Gasteiger partial charge is 0.517 e. The summed E-state index contributed by atoms with van der Waals surface area (Å²) in [6.07, 6.45) is 0. The minimum Gasteiger partial charge on any atom is -0.517 e. The predicted molar refractivity (Wildman–Crippen MR) is 86.8 cm³/mol. The first-order valence-corrected chi connectivity index (χ1v) is 7.53. The Morgan fingerprint density at radius 2 is 1.43 bits per heavy atom. The van der Waals surface area contributed by atoms with E-state index in [0.29, 0.717) is 5.75 Å². The van der Waals surface area contributed by atoms with Gasteiger partial charge in [-0.1, -0.05) is 23.8 Å². The van der Waals surface area contributed by atoms with Gasteiger partial charge in [0.1, 0.15) is 0 Å². The van der Waals surface area contributed by atoms with Gasteiger partial charge in [-0.15, -0.1) is 35.9 Å². The Morgan fingerprint density at radius 3 is 1.86 bits per heavy atom. The van der Waals surface area contributed by atoms with Crippen LogP contribution in [0.5, 0.6) is 5.75 Å². The SMILES string of the molecule is CO.CO.C[CH]=[W].Oc1ccccc1-c1[c-]cccc1.[CH3-]. The van der Waals surface area contributed by atoms with Crippen molar-refractivity contribution in [2.75, 3.05) is 14.2 Å². The Morgan fingerprint density at radius 1 is 0.952 bits per heavy atom. The summed E-state index contributed by atoms with van der Waals surface area (Å²) in [6.45, 7) is 2.04. The maximum Gasteiger partial charge on any atom is 0.0820 e. The third kappa shape index (κ3) is 11.1. The Bertz CT molecular complexity index is 445.